The highest BCUT2D eigenvalue weighted by Crippen LogP contribution is 2.48. The van der Waals surface area contributed by atoms with Gasteiger partial charge in [-0.05, 0) is 34.4 Å². The van der Waals surface area contributed by atoms with Crippen LogP contribution in [0.4, 0.5) is 35.2 Å². The summed E-state index contributed by atoms with van der Waals surface area (Å²) in [6, 6.07) is 0.306. The summed E-state index contributed by atoms with van der Waals surface area (Å²) in [7, 11) is 0. The van der Waals surface area contributed by atoms with Crippen LogP contribution >= 0.6 is 27.5 Å². The molecule has 144 valence electrons. The number of rotatable bonds is 4. The molecule has 0 saturated heterocycles. The van der Waals surface area contributed by atoms with E-state index in [1.54, 1.807) is 0 Å². The number of benzene rings is 1. The van der Waals surface area contributed by atoms with Crippen molar-refractivity contribution < 1.29 is 27.8 Å². The third-order valence-electron chi connectivity index (χ3n) is 3.31. The van der Waals surface area contributed by atoms with E-state index in [-0.39, 0.29) is 21.6 Å². The minimum absolute atomic E-state index is 0.0361. The Hall–Kier alpha value is -2.61. The molecular formula is C13H8BrF3N4O5S. The van der Waals surface area contributed by atoms with E-state index in [4.69, 9.17) is 0 Å². The van der Waals surface area contributed by atoms with Crippen molar-refractivity contribution in [2.75, 3.05) is 4.90 Å². The van der Waals surface area contributed by atoms with Crippen LogP contribution in [0.2, 0.25) is 0 Å². The van der Waals surface area contributed by atoms with Crippen molar-refractivity contribution in [3.63, 3.8) is 0 Å². The highest BCUT2D eigenvalue weighted by Gasteiger charge is 2.41. The van der Waals surface area contributed by atoms with Crippen molar-refractivity contribution >= 4 is 55.4 Å². The van der Waals surface area contributed by atoms with Crippen LogP contribution in [-0.4, -0.2) is 20.1 Å². The molecule has 1 amide bonds. The van der Waals surface area contributed by atoms with Crippen molar-refractivity contribution in [1.29, 1.82) is 0 Å². The van der Waals surface area contributed by atoms with E-state index in [2.05, 4.69) is 20.3 Å². The van der Waals surface area contributed by atoms with Crippen LogP contribution in [0.25, 0.3) is 0 Å². The Labute approximate surface area is 161 Å². The zero-order valence-corrected chi connectivity index (χ0v) is 15.8. The molecule has 0 aliphatic heterocycles. The van der Waals surface area contributed by atoms with E-state index in [1.165, 1.54) is 6.92 Å². The van der Waals surface area contributed by atoms with Crippen molar-refractivity contribution in [3.05, 3.63) is 48.1 Å². The number of alkyl halides is 3. The molecule has 0 fully saturated rings. The molecule has 2 rings (SSSR count). The molecule has 0 bridgehead atoms. The van der Waals surface area contributed by atoms with Crippen LogP contribution in [0.1, 0.15) is 18.2 Å². The molecule has 1 aromatic heterocycles. The van der Waals surface area contributed by atoms with Crippen molar-refractivity contribution in [1.82, 2.24) is 4.37 Å². The molecule has 0 atom stereocenters. The van der Waals surface area contributed by atoms with Crippen molar-refractivity contribution in [2.45, 2.75) is 20.0 Å². The summed E-state index contributed by atoms with van der Waals surface area (Å²) in [5, 5.41) is 22.7. The summed E-state index contributed by atoms with van der Waals surface area (Å²) in [4.78, 5) is 33.1. The molecule has 9 nitrogen and oxygen atoms in total. The Morgan fingerprint density at radius 1 is 1.22 bits per heavy atom. The van der Waals surface area contributed by atoms with E-state index in [1.807, 2.05) is 0 Å². The number of aromatic nitrogens is 1. The summed E-state index contributed by atoms with van der Waals surface area (Å²) in [6.45, 7) is 2.50. The molecule has 0 N–H and O–H groups in total. The maximum absolute atomic E-state index is 13.0. The van der Waals surface area contributed by atoms with Gasteiger partial charge < -0.3 is 0 Å². The van der Waals surface area contributed by atoms with Gasteiger partial charge in [-0.2, -0.15) is 17.5 Å². The largest absolute Gasteiger partial charge is 0.416 e. The molecule has 0 aliphatic carbocycles. The predicted octanol–water partition coefficient (Wildman–Crippen LogP) is 4.73. The lowest BCUT2D eigenvalue weighted by molar-refractivity contribution is -0.392. The molecule has 1 heterocycles. The van der Waals surface area contributed by atoms with E-state index in [0.717, 1.165) is 6.92 Å². The maximum Gasteiger partial charge on any atom is 0.416 e. The van der Waals surface area contributed by atoms with Gasteiger partial charge in [0.05, 0.1) is 25.6 Å². The zero-order valence-electron chi connectivity index (χ0n) is 13.4. The van der Waals surface area contributed by atoms with E-state index >= 15 is 0 Å². The number of nitro groups is 2. The minimum Gasteiger partial charge on any atom is -0.274 e. The first kappa shape index (κ1) is 20.7. The van der Waals surface area contributed by atoms with E-state index < -0.39 is 44.6 Å². The highest BCUT2D eigenvalue weighted by atomic mass is 79.9. The van der Waals surface area contributed by atoms with Gasteiger partial charge in [0, 0.05) is 19.1 Å². The van der Waals surface area contributed by atoms with Crippen LogP contribution < -0.4 is 4.90 Å². The fourth-order valence-corrected chi connectivity index (χ4v) is 3.61. The smallest absolute Gasteiger partial charge is 0.274 e. The second-order valence-corrected chi connectivity index (χ2v) is 6.66. The number of amides is 1. The fraction of sp³-hybridized carbons (Fsp3) is 0.231. The van der Waals surface area contributed by atoms with E-state index in [9.17, 15) is 38.2 Å². The molecule has 2 aromatic rings. The Balaban J connectivity index is 2.94. The molecule has 0 radical (unpaired) electrons. The van der Waals surface area contributed by atoms with Crippen LogP contribution in [0.15, 0.2) is 16.6 Å². The first-order valence-electron chi connectivity index (χ1n) is 6.82. The Morgan fingerprint density at radius 2 is 1.70 bits per heavy atom. The van der Waals surface area contributed by atoms with Crippen molar-refractivity contribution in [2.24, 2.45) is 0 Å². The molecule has 14 heteroatoms. The van der Waals surface area contributed by atoms with Crippen LogP contribution in [0.3, 0.4) is 0 Å². The number of anilines is 2. The van der Waals surface area contributed by atoms with Gasteiger partial charge in [0.1, 0.15) is 5.00 Å². The van der Waals surface area contributed by atoms with Crippen LogP contribution in [-0.2, 0) is 11.0 Å². The fourth-order valence-electron chi connectivity index (χ4n) is 2.16. The van der Waals surface area contributed by atoms with Gasteiger partial charge in [0.15, 0.2) is 0 Å². The Bertz CT molecular complexity index is 927. The topological polar surface area (TPSA) is 119 Å². The zero-order chi connectivity index (χ0) is 20.7. The summed E-state index contributed by atoms with van der Waals surface area (Å²) in [6.07, 6.45) is -5.06. The number of aryl methyl sites for hydroxylation is 1. The maximum atomic E-state index is 13.0. The van der Waals surface area contributed by atoms with Gasteiger partial charge in [0.2, 0.25) is 11.6 Å². The highest BCUT2D eigenvalue weighted by molar-refractivity contribution is 9.10. The predicted molar refractivity (Wildman–Crippen MR) is 92.1 cm³/mol. The normalized spacial score (nSPS) is 11.3. The second kappa shape index (κ2) is 7.19. The van der Waals surface area contributed by atoms with Gasteiger partial charge in [0.25, 0.3) is 0 Å². The monoisotopic (exact) mass is 468 g/mol. The Kier molecular flexibility index (Phi) is 5.51. The van der Waals surface area contributed by atoms with Gasteiger partial charge in [-0.1, -0.05) is 0 Å². The lowest BCUT2D eigenvalue weighted by Gasteiger charge is -2.20. The van der Waals surface area contributed by atoms with Gasteiger partial charge in [-0.25, -0.2) is 0 Å². The van der Waals surface area contributed by atoms with Gasteiger partial charge in [-0.3, -0.25) is 29.9 Å². The number of carbonyl (C=O) groups excluding carboxylic acids is 1. The standard InChI is InChI=1S/C13H8BrF3N4O5S/c1-5-10(14)12(27-18-5)19(6(2)22)11-8(20(23)24)3-7(13(15,16)17)4-9(11)21(25)26/h3-4H,1-2H3. The molecule has 0 aliphatic rings. The quantitative estimate of drug-likeness (QED) is 0.472. The van der Waals surface area contributed by atoms with E-state index in [0.29, 0.717) is 22.1 Å². The molecule has 0 unspecified atom stereocenters. The van der Waals surface area contributed by atoms with Crippen LogP contribution in [0.5, 0.6) is 0 Å². The first-order valence-corrected chi connectivity index (χ1v) is 8.39. The number of hydrogen-bond donors (Lipinski definition) is 0. The summed E-state index contributed by atoms with van der Waals surface area (Å²) in [5.41, 5.74) is -4.53. The summed E-state index contributed by atoms with van der Waals surface area (Å²) < 4.78 is 43.2. The summed E-state index contributed by atoms with van der Waals surface area (Å²) >= 11 is 3.82. The van der Waals surface area contributed by atoms with Crippen LogP contribution in [0, 0.1) is 27.2 Å². The SMILES string of the molecule is CC(=O)N(c1snc(C)c1Br)c1c([N+](=O)[O-])cc(C(F)(F)F)cc1[N+](=O)[O-]. The molecule has 0 spiro atoms. The Morgan fingerprint density at radius 3 is 2.00 bits per heavy atom. The number of carbonyl (C=O) groups is 1. The molecule has 0 saturated carbocycles. The first-order chi connectivity index (χ1) is 12.4. The number of hydrogen-bond acceptors (Lipinski definition) is 7. The van der Waals surface area contributed by atoms with Gasteiger partial charge >= 0.3 is 17.6 Å². The third-order valence-corrected chi connectivity index (χ3v) is 5.44. The number of halogens is 4. The average Bonchev–Trinajstić information content (AvgIpc) is 2.85. The lowest BCUT2D eigenvalue weighted by atomic mass is 10.1. The minimum atomic E-state index is -5.06. The molecule has 1 aromatic carbocycles. The lowest BCUT2D eigenvalue weighted by Crippen LogP contribution is -2.24. The molecule has 27 heavy (non-hydrogen) atoms. The van der Waals surface area contributed by atoms with Gasteiger partial charge in [-0.15, -0.1) is 0 Å². The number of nitrogens with zero attached hydrogens (tertiary/aromatic N) is 4. The summed E-state index contributed by atoms with van der Waals surface area (Å²) in [5.74, 6) is -0.884. The van der Waals surface area contributed by atoms with Crippen molar-refractivity contribution in [3.8, 4) is 0 Å². The second-order valence-electron chi connectivity index (χ2n) is 5.12. The molecular weight excluding hydrogens is 461 g/mol. The average molecular weight is 469 g/mol. The third kappa shape index (κ3) is 3.90. The number of nitro benzene ring substituents is 2.